The van der Waals surface area contributed by atoms with Crippen molar-refractivity contribution in [3.8, 4) is 0 Å². The number of carbonyl (C=O) groups is 1. The molecule has 52 valence electrons. The summed E-state index contributed by atoms with van der Waals surface area (Å²) in [5.74, 6) is -1.27. The SMILES string of the molecule is [2H]NC(N)=N[C@@H](C)C(=O)O. The summed E-state index contributed by atoms with van der Waals surface area (Å²) < 4.78 is 6.44. The Hall–Kier alpha value is -1.26. The van der Waals surface area contributed by atoms with Crippen molar-refractivity contribution in [1.82, 2.24) is 0 Å². The Morgan fingerprint density at radius 3 is 2.89 bits per heavy atom. The second-order valence-electron chi connectivity index (χ2n) is 1.53. The van der Waals surface area contributed by atoms with Gasteiger partial charge in [0.25, 0.3) is 0 Å². The molecule has 0 fully saturated rings. The fourth-order valence-electron chi connectivity index (χ4n) is 0.264. The van der Waals surface area contributed by atoms with Crippen molar-refractivity contribution in [3.05, 3.63) is 0 Å². The summed E-state index contributed by atoms with van der Waals surface area (Å²) in [6.45, 7) is 1.37. The lowest BCUT2D eigenvalue weighted by molar-refractivity contribution is -0.137. The Bertz CT molecular complexity index is 159. The minimum atomic E-state index is -1.07. The summed E-state index contributed by atoms with van der Waals surface area (Å²) in [5, 5.41) is 8.27. The minimum Gasteiger partial charge on any atom is -0.480 e. The summed E-state index contributed by atoms with van der Waals surface area (Å²) in [7, 11) is 0. The van der Waals surface area contributed by atoms with E-state index in [0.717, 1.165) is 0 Å². The first kappa shape index (κ1) is 5.87. The minimum absolute atomic E-state index is 0.199. The van der Waals surface area contributed by atoms with Gasteiger partial charge >= 0.3 is 5.97 Å². The molecule has 0 amide bonds. The monoisotopic (exact) mass is 132 g/mol. The van der Waals surface area contributed by atoms with Crippen molar-refractivity contribution in [2.75, 3.05) is 0 Å². The molecule has 0 aromatic heterocycles. The van der Waals surface area contributed by atoms with Gasteiger partial charge in [0.05, 0.1) is 0 Å². The van der Waals surface area contributed by atoms with E-state index in [1.54, 1.807) is 5.73 Å². The highest BCUT2D eigenvalue weighted by atomic mass is 16.4. The first-order chi connectivity index (χ1) is 4.57. The van der Waals surface area contributed by atoms with Gasteiger partial charge in [0.1, 0.15) is 6.04 Å². The summed E-state index contributed by atoms with van der Waals surface area (Å²) in [6.07, 6.45) is 0. The number of rotatable bonds is 2. The lowest BCUT2D eigenvalue weighted by Gasteiger charge is -1.97. The van der Waals surface area contributed by atoms with Crippen LogP contribution in [0.15, 0.2) is 4.99 Å². The average Bonchev–Trinajstić information content (AvgIpc) is 1.87. The topological polar surface area (TPSA) is 102 Å². The molecule has 0 aromatic rings. The molecule has 5 N–H and O–H groups in total. The third kappa shape index (κ3) is 3.33. The van der Waals surface area contributed by atoms with E-state index in [0.29, 0.717) is 0 Å². The lowest BCUT2D eigenvalue weighted by Crippen LogP contribution is -2.27. The second-order valence-corrected chi connectivity index (χ2v) is 1.53. The van der Waals surface area contributed by atoms with E-state index in [2.05, 4.69) is 4.99 Å². The summed E-state index contributed by atoms with van der Waals surface area (Å²) >= 11 is 0. The number of hydrogen-bond acceptors (Lipinski definition) is 2. The maximum atomic E-state index is 10.1. The number of nitrogens with two attached hydrogens (primary N) is 2. The van der Waals surface area contributed by atoms with E-state index in [-0.39, 0.29) is 5.96 Å². The zero-order chi connectivity index (χ0) is 8.15. The van der Waals surface area contributed by atoms with Gasteiger partial charge in [-0.05, 0) is 6.92 Å². The molecular formula is C4H9N3O2. The molecule has 0 bridgehead atoms. The highest BCUT2D eigenvalue weighted by molar-refractivity contribution is 5.81. The number of nitrogens with zero attached hydrogens (tertiary/aromatic N) is 1. The van der Waals surface area contributed by atoms with Crippen molar-refractivity contribution in [2.45, 2.75) is 13.0 Å². The number of guanidine groups is 1. The molecule has 0 heterocycles. The predicted octanol–water partition coefficient (Wildman–Crippen LogP) is -1.27. The van der Waals surface area contributed by atoms with Crippen LogP contribution >= 0.6 is 0 Å². The molecule has 0 aliphatic carbocycles. The Morgan fingerprint density at radius 2 is 2.56 bits per heavy atom. The molecule has 9 heavy (non-hydrogen) atoms. The number of carboxylic acid groups (broad SMARTS) is 1. The fourth-order valence-corrected chi connectivity index (χ4v) is 0.264. The largest absolute Gasteiger partial charge is 0.480 e. The van der Waals surface area contributed by atoms with Crippen LogP contribution in [0.5, 0.6) is 0 Å². The molecule has 0 spiro atoms. The summed E-state index contributed by atoms with van der Waals surface area (Å²) in [4.78, 5) is 13.5. The van der Waals surface area contributed by atoms with Crippen LogP contribution in [0.2, 0.25) is 1.41 Å². The number of hydrogen-bond donors (Lipinski definition) is 3. The number of aliphatic carboxylic acids is 1. The molecular weight excluding hydrogens is 122 g/mol. The van der Waals surface area contributed by atoms with Crippen molar-refractivity contribution in [1.29, 1.82) is 0 Å². The molecule has 5 nitrogen and oxygen atoms in total. The van der Waals surface area contributed by atoms with Gasteiger partial charge in [-0.2, -0.15) is 0 Å². The van der Waals surface area contributed by atoms with Crippen LogP contribution in [-0.4, -0.2) is 23.1 Å². The molecule has 0 saturated carbocycles. The van der Waals surface area contributed by atoms with E-state index in [1.165, 1.54) is 6.92 Å². The van der Waals surface area contributed by atoms with E-state index >= 15 is 0 Å². The van der Waals surface area contributed by atoms with Crippen molar-refractivity contribution < 1.29 is 11.3 Å². The van der Waals surface area contributed by atoms with Crippen molar-refractivity contribution in [2.24, 2.45) is 16.5 Å². The van der Waals surface area contributed by atoms with Crippen LogP contribution in [0.4, 0.5) is 0 Å². The Balaban J connectivity index is 3.99. The van der Waals surface area contributed by atoms with Gasteiger partial charge in [-0.3, -0.25) is 0 Å². The highest BCUT2D eigenvalue weighted by Gasteiger charge is 2.07. The average molecular weight is 132 g/mol. The zero-order valence-corrected chi connectivity index (χ0v) is 4.96. The maximum absolute atomic E-state index is 10.1. The van der Waals surface area contributed by atoms with Gasteiger partial charge in [-0.15, -0.1) is 0 Å². The van der Waals surface area contributed by atoms with Crippen LogP contribution < -0.4 is 11.5 Å². The van der Waals surface area contributed by atoms with E-state index < -0.39 is 12.0 Å². The molecule has 1 atom stereocenters. The first-order valence-electron chi connectivity index (χ1n) is 2.81. The molecule has 5 heteroatoms. The summed E-state index contributed by atoms with van der Waals surface area (Å²) in [6, 6.07) is -0.905. The Kier molecular flexibility index (Phi) is 1.90. The molecule has 0 aromatic carbocycles. The standard InChI is InChI=1S/C4H9N3O2/c1-2(3(8)9)7-4(5)6/h2H,1H3,(H,8,9)(H4,5,6,7)/t2-/m0/s1/i/hD. The van der Waals surface area contributed by atoms with E-state index in [9.17, 15) is 4.79 Å². The van der Waals surface area contributed by atoms with Crippen molar-refractivity contribution >= 4 is 11.9 Å². The molecule has 0 aliphatic rings. The van der Waals surface area contributed by atoms with Crippen LogP contribution in [0.25, 0.3) is 0 Å². The van der Waals surface area contributed by atoms with E-state index in [1.807, 2.05) is 0 Å². The van der Waals surface area contributed by atoms with Gasteiger partial charge < -0.3 is 16.6 Å². The van der Waals surface area contributed by atoms with Crippen LogP contribution in [0, 0.1) is 0 Å². The second kappa shape index (κ2) is 2.91. The lowest BCUT2D eigenvalue weighted by atomic mass is 10.4. The Labute approximate surface area is 53.8 Å². The predicted molar refractivity (Wildman–Crippen MR) is 32.9 cm³/mol. The molecule has 0 rings (SSSR count). The quantitative estimate of drug-likeness (QED) is 0.322. The van der Waals surface area contributed by atoms with Gasteiger partial charge in [0, 0.05) is 0 Å². The molecule has 0 aliphatic heterocycles. The Morgan fingerprint density at radius 1 is 2.00 bits per heavy atom. The van der Waals surface area contributed by atoms with E-state index in [4.69, 9.17) is 12.3 Å². The van der Waals surface area contributed by atoms with Gasteiger partial charge in [-0.1, -0.05) is 0 Å². The van der Waals surface area contributed by atoms with Gasteiger partial charge in [0.15, 0.2) is 7.37 Å². The molecule has 0 saturated heterocycles. The molecule has 0 radical (unpaired) electrons. The third-order valence-electron chi connectivity index (χ3n) is 0.690. The van der Waals surface area contributed by atoms with Crippen LogP contribution in [-0.2, 0) is 4.79 Å². The molecule has 0 unspecified atom stereocenters. The van der Waals surface area contributed by atoms with Crippen LogP contribution in [0.1, 0.15) is 6.92 Å². The normalized spacial score (nSPS) is 16.1. The zero-order valence-electron chi connectivity index (χ0n) is 5.96. The smallest absolute Gasteiger partial charge is 0.328 e. The van der Waals surface area contributed by atoms with Crippen LogP contribution in [0.3, 0.4) is 0 Å². The van der Waals surface area contributed by atoms with Crippen molar-refractivity contribution in [3.63, 3.8) is 0 Å². The highest BCUT2D eigenvalue weighted by Crippen LogP contribution is 1.85. The first-order valence-corrected chi connectivity index (χ1v) is 2.31. The maximum Gasteiger partial charge on any atom is 0.328 e. The summed E-state index contributed by atoms with van der Waals surface area (Å²) in [5.41, 5.74) is 6.76. The fraction of sp³-hybridized carbons (Fsp3) is 0.500. The third-order valence-corrected chi connectivity index (χ3v) is 0.690. The van der Waals surface area contributed by atoms with Gasteiger partial charge in [0.2, 0.25) is 0 Å². The number of aliphatic imine (C=N–C) groups is 1. The van der Waals surface area contributed by atoms with Gasteiger partial charge in [-0.25, -0.2) is 9.79 Å². The number of carboxylic acids is 1.